The van der Waals surface area contributed by atoms with E-state index < -0.39 is 31.3 Å². The number of para-hydroxylation sites is 1. The third-order valence-corrected chi connectivity index (χ3v) is 2.76. The molecule has 1 amide bonds. The molecule has 6 heteroatoms. The standard InChI is InChI=1S/C13H19NO5/c1-10-4-2-3-5-11(10)19-6-12(18)14-13(7-15,8-16)9-17/h2-5,15-17H,6-9H2,1H3,(H,14,18). The number of aryl methyl sites for hydroxylation is 1. The Hall–Kier alpha value is -1.63. The zero-order valence-electron chi connectivity index (χ0n) is 10.8. The van der Waals surface area contributed by atoms with Gasteiger partial charge in [0, 0.05) is 0 Å². The van der Waals surface area contributed by atoms with Crippen molar-refractivity contribution in [1.29, 1.82) is 0 Å². The van der Waals surface area contributed by atoms with Crippen molar-refractivity contribution in [2.24, 2.45) is 0 Å². The van der Waals surface area contributed by atoms with E-state index in [0.717, 1.165) is 5.56 Å². The highest BCUT2D eigenvalue weighted by Gasteiger charge is 2.29. The van der Waals surface area contributed by atoms with Crippen LogP contribution in [-0.4, -0.2) is 53.2 Å². The molecular formula is C13H19NO5. The maximum atomic E-state index is 11.7. The van der Waals surface area contributed by atoms with Crippen molar-refractivity contribution in [3.8, 4) is 5.75 Å². The molecule has 0 aliphatic carbocycles. The molecule has 0 saturated carbocycles. The first-order valence-electron chi connectivity index (χ1n) is 5.89. The molecule has 0 radical (unpaired) electrons. The molecule has 0 spiro atoms. The summed E-state index contributed by atoms with van der Waals surface area (Å²) in [6.07, 6.45) is 0. The first-order valence-corrected chi connectivity index (χ1v) is 5.89. The van der Waals surface area contributed by atoms with Gasteiger partial charge in [-0.2, -0.15) is 0 Å². The molecule has 6 nitrogen and oxygen atoms in total. The minimum Gasteiger partial charge on any atom is -0.484 e. The van der Waals surface area contributed by atoms with Crippen molar-refractivity contribution in [2.45, 2.75) is 12.5 Å². The number of aliphatic hydroxyl groups excluding tert-OH is 3. The topological polar surface area (TPSA) is 99.0 Å². The van der Waals surface area contributed by atoms with Gasteiger partial charge in [-0.05, 0) is 18.6 Å². The average molecular weight is 269 g/mol. The number of hydrogen-bond donors (Lipinski definition) is 4. The molecule has 0 aliphatic rings. The van der Waals surface area contributed by atoms with Gasteiger partial charge in [-0.25, -0.2) is 0 Å². The molecule has 1 aromatic rings. The molecule has 0 aliphatic heterocycles. The fourth-order valence-corrected chi connectivity index (χ4v) is 1.46. The molecule has 0 bridgehead atoms. The van der Waals surface area contributed by atoms with Crippen LogP contribution in [0.2, 0.25) is 0 Å². The molecule has 19 heavy (non-hydrogen) atoms. The second-order valence-electron chi connectivity index (χ2n) is 4.36. The number of rotatable bonds is 7. The highest BCUT2D eigenvalue weighted by atomic mass is 16.5. The van der Waals surface area contributed by atoms with E-state index in [0.29, 0.717) is 5.75 Å². The van der Waals surface area contributed by atoms with Crippen LogP contribution in [0, 0.1) is 6.92 Å². The van der Waals surface area contributed by atoms with Crippen LogP contribution in [0.4, 0.5) is 0 Å². The van der Waals surface area contributed by atoms with Gasteiger partial charge in [0.1, 0.15) is 11.3 Å². The van der Waals surface area contributed by atoms with Gasteiger partial charge in [0.2, 0.25) is 0 Å². The van der Waals surface area contributed by atoms with Gasteiger partial charge in [-0.15, -0.1) is 0 Å². The summed E-state index contributed by atoms with van der Waals surface area (Å²) >= 11 is 0. The number of ether oxygens (including phenoxy) is 1. The molecule has 0 atom stereocenters. The SMILES string of the molecule is Cc1ccccc1OCC(=O)NC(CO)(CO)CO. The maximum Gasteiger partial charge on any atom is 0.258 e. The average Bonchev–Trinajstić information content (AvgIpc) is 2.44. The second-order valence-corrected chi connectivity index (χ2v) is 4.36. The summed E-state index contributed by atoms with van der Waals surface area (Å²) < 4.78 is 5.32. The Morgan fingerprint density at radius 1 is 1.21 bits per heavy atom. The Kier molecular flexibility index (Phi) is 5.75. The van der Waals surface area contributed by atoms with Crippen molar-refractivity contribution < 1.29 is 24.9 Å². The van der Waals surface area contributed by atoms with Crippen LogP contribution in [-0.2, 0) is 4.79 Å². The molecule has 4 N–H and O–H groups in total. The zero-order valence-corrected chi connectivity index (χ0v) is 10.8. The third kappa shape index (κ3) is 4.20. The summed E-state index contributed by atoms with van der Waals surface area (Å²) in [5.74, 6) is 0.0562. The Labute approximate surface area is 111 Å². The molecule has 0 aromatic heterocycles. The predicted octanol–water partition coefficient (Wildman–Crippen LogP) is -0.794. The third-order valence-electron chi connectivity index (χ3n) is 2.76. The monoisotopic (exact) mass is 269 g/mol. The summed E-state index contributed by atoms with van der Waals surface area (Å²) in [6.45, 7) is -0.0817. The highest BCUT2D eigenvalue weighted by molar-refractivity contribution is 5.78. The molecule has 0 saturated heterocycles. The Morgan fingerprint density at radius 2 is 1.79 bits per heavy atom. The first-order chi connectivity index (χ1) is 9.06. The molecular weight excluding hydrogens is 250 g/mol. The molecule has 1 rings (SSSR count). The summed E-state index contributed by atoms with van der Waals surface area (Å²) in [4.78, 5) is 11.7. The quantitative estimate of drug-likeness (QED) is 0.520. The van der Waals surface area contributed by atoms with Gasteiger partial charge < -0.3 is 25.4 Å². The number of amides is 1. The minimum atomic E-state index is -1.42. The van der Waals surface area contributed by atoms with Crippen molar-refractivity contribution >= 4 is 5.91 Å². The lowest BCUT2D eigenvalue weighted by atomic mass is 10.0. The van der Waals surface area contributed by atoms with Crippen molar-refractivity contribution in [3.63, 3.8) is 0 Å². The fraction of sp³-hybridized carbons (Fsp3) is 0.462. The Morgan fingerprint density at radius 3 is 2.32 bits per heavy atom. The maximum absolute atomic E-state index is 11.7. The van der Waals surface area contributed by atoms with Gasteiger partial charge in [0.25, 0.3) is 5.91 Å². The largest absolute Gasteiger partial charge is 0.484 e. The van der Waals surface area contributed by atoms with Crippen molar-refractivity contribution in [2.75, 3.05) is 26.4 Å². The Balaban J connectivity index is 2.54. The fourth-order valence-electron chi connectivity index (χ4n) is 1.46. The van der Waals surface area contributed by atoms with Crippen LogP contribution < -0.4 is 10.1 Å². The summed E-state index contributed by atoms with van der Waals surface area (Å²) in [7, 11) is 0. The van der Waals surface area contributed by atoms with Crippen LogP contribution >= 0.6 is 0 Å². The number of carbonyl (C=O) groups is 1. The molecule has 106 valence electrons. The van der Waals surface area contributed by atoms with E-state index in [4.69, 9.17) is 20.1 Å². The van der Waals surface area contributed by atoms with Gasteiger partial charge in [-0.1, -0.05) is 18.2 Å². The smallest absolute Gasteiger partial charge is 0.258 e. The van der Waals surface area contributed by atoms with Crippen molar-refractivity contribution in [1.82, 2.24) is 5.32 Å². The van der Waals surface area contributed by atoms with Crippen LogP contribution in [0.5, 0.6) is 5.75 Å². The normalized spacial score (nSPS) is 11.2. The second kappa shape index (κ2) is 7.08. The first kappa shape index (κ1) is 15.4. The number of carbonyl (C=O) groups excluding carboxylic acids is 1. The lowest BCUT2D eigenvalue weighted by Gasteiger charge is -2.28. The summed E-state index contributed by atoms with van der Waals surface area (Å²) in [6, 6.07) is 7.24. The van der Waals surface area contributed by atoms with Crippen LogP contribution in [0.1, 0.15) is 5.56 Å². The zero-order chi connectivity index (χ0) is 14.3. The van der Waals surface area contributed by atoms with Crippen LogP contribution in [0.15, 0.2) is 24.3 Å². The summed E-state index contributed by atoms with van der Waals surface area (Å²) in [5.41, 5.74) is -0.528. The lowest BCUT2D eigenvalue weighted by Crippen LogP contribution is -2.58. The number of hydrogen-bond acceptors (Lipinski definition) is 5. The highest BCUT2D eigenvalue weighted by Crippen LogP contribution is 2.15. The molecule has 0 heterocycles. The van der Waals surface area contributed by atoms with Crippen molar-refractivity contribution in [3.05, 3.63) is 29.8 Å². The predicted molar refractivity (Wildman–Crippen MR) is 68.8 cm³/mol. The van der Waals surface area contributed by atoms with Gasteiger partial charge in [0.15, 0.2) is 6.61 Å². The van der Waals surface area contributed by atoms with E-state index in [9.17, 15) is 4.79 Å². The van der Waals surface area contributed by atoms with Gasteiger partial charge in [0.05, 0.1) is 19.8 Å². The van der Waals surface area contributed by atoms with Crippen LogP contribution in [0.25, 0.3) is 0 Å². The number of benzene rings is 1. The van der Waals surface area contributed by atoms with Crippen LogP contribution in [0.3, 0.4) is 0 Å². The van der Waals surface area contributed by atoms with Gasteiger partial charge in [-0.3, -0.25) is 4.79 Å². The van der Waals surface area contributed by atoms with E-state index in [-0.39, 0.29) is 6.61 Å². The van der Waals surface area contributed by atoms with E-state index >= 15 is 0 Å². The number of aliphatic hydroxyl groups is 3. The summed E-state index contributed by atoms with van der Waals surface area (Å²) in [5, 5.41) is 29.6. The Bertz CT molecular complexity index is 409. The molecule has 0 fully saturated rings. The molecule has 1 aromatic carbocycles. The minimum absolute atomic E-state index is 0.257. The lowest BCUT2D eigenvalue weighted by molar-refractivity contribution is -0.127. The number of nitrogens with one attached hydrogen (secondary N) is 1. The van der Waals surface area contributed by atoms with Gasteiger partial charge >= 0.3 is 0 Å². The van der Waals surface area contributed by atoms with E-state index in [1.807, 2.05) is 19.1 Å². The van der Waals surface area contributed by atoms with E-state index in [1.54, 1.807) is 12.1 Å². The van der Waals surface area contributed by atoms with E-state index in [2.05, 4.69) is 5.32 Å². The molecule has 0 unspecified atom stereocenters. The van der Waals surface area contributed by atoms with E-state index in [1.165, 1.54) is 0 Å².